The van der Waals surface area contributed by atoms with Gasteiger partial charge in [0.25, 0.3) is 0 Å². The van der Waals surface area contributed by atoms with E-state index in [1.807, 2.05) is 6.08 Å². The summed E-state index contributed by atoms with van der Waals surface area (Å²) in [5, 5.41) is 2.51. The maximum atomic E-state index is 4.13. The fourth-order valence-corrected chi connectivity index (χ4v) is 3.43. The average Bonchev–Trinajstić information content (AvgIpc) is 2.94. The molecule has 1 heteroatoms. The lowest BCUT2D eigenvalue weighted by molar-refractivity contribution is 1.18. The van der Waals surface area contributed by atoms with Crippen LogP contribution < -0.4 is 0 Å². The van der Waals surface area contributed by atoms with E-state index in [9.17, 15) is 0 Å². The van der Waals surface area contributed by atoms with Crippen LogP contribution in [0, 0.1) is 6.92 Å². The molecule has 0 unspecified atom stereocenters. The molecular weight excluding hydrogens is 290 g/mol. The van der Waals surface area contributed by atoms with Gasteiger partial charge in [-0.25, -0.2) is 0 Å². The van der Waals surface area contributed by atoms with Gasteiger partial charge in [-0.1, -0.05) is 55.6 Å². The monoisotopic (exact) mass is 309 g/mol. The molecule has 1 nitrogen and oxygen atoms in total. The normalized spacial score (nSPS) is 11.0. The standard InChI is InChI=1S/C23H19N/c1-4-16(2)20-15-21-19-12-8-9-13-22(19)24(23(21)14-17(20)3)18-10-6-5-7-11-18/h4-15H,1-2H2,3H3. The maximum absolute atomic E-state index is 4.13. The molecule has 1 aromatic heterocycles. The molecule has 4 aromatic rings. The zero-order chi connectivity index (χ0) is 16.7. The molecule has 4 rings (SSSR count). The van der Waals surface area contributed by atoms with E-state index in [4.69, 9.17) is 0 Å². The van der Waals surface area contributed by atoms with Crippen LogP contribution in [0.3, 0.4) is 0 Å². The number of fused-ring (bicyclic) bond motifs is 3. The predicted molar refractivity (Wildman–Crippen MR) is 105 cm³/mol. The second-order valence-corrected chi connectivity index (χ2v) is 6.10. The van der Waals surface area contributed by atoms with Gasteiger partial charge in [-0.2, -0.15) is 0 Å². The second kappa shape index (κ2) is 5.54. The van der Waals surface area contributed by atoms with Gasteiger partial charge < -0.3 is 4.57 Å². The molecule has 0 saturated carbocycles. The van der Waals surface area contributed by atoms with Gasteiger partial charge in [0.05, 0.1) is 11.0 Å². The Labute approximate surface area is 142 Å². The van der Waals surface area contributed by atoms with Crippen molar-refractivity contribution in [3.8, 4) is 5.69 Å². The van der Waals surface area contributed by atoms with Crippen molar-refractivity contribution in [2.75, 3.05) is 0 Å². The van der Waals surface area contributed by atoms with Crippen LogP contribution in [0.4, 0.5) is 0 Å². The Morgan fingerprint density at radius 3 is 2.33 bits per heavy atom. The fourth-order valence-electron chi connectivity index (χ4n) is 3.43. The number of rotatable bonds is 3. The molecule has 0 N–H and O–H groups in total. The van der Waals surface area contributed by atoms with Gasteiger partial charge in [0.15, 0.2) is 0 Å². The van der Waals surface area contributed by atoms with Crippen LogP contribution in [0.1, 0.15) is 11.1 Å². The van der Waals surface area contributed by atoms with Crippen LogP contribution in [0.25, 0.3) is 33.1 Å². The molecule has 0 atom stereocenters. The molecular formula is C23H19N. The smallest absolute Gasteiger partial charge is 0.0544 e. The van der Waals surface area contributed by atoms with Crippen molar-refractivity contribution in [1.29, 1.82) is 0 Å². The molecule has 0 aliphatic carbocycles. The average molecular weight is 309 g/mol. The lowest BCUT2D eigenvalue weighted by Crippen LogP contribution is -1.94. The molecule has 1 heterocycles. The van der Waals surface area contributed by atoms with E-state index in [1.165, 1.54) is 33.1 Å². The van der Waals surface area contributed by atoms with Crippen LogP contribution in [0.2, 0.25) is 0 Å². The Hall–Kier alpha value is -3.06. The molecule has 0 saturated heterocycles. The third-order valence-electron chi connectivity index (χ3n) is 4.63. The summed E-state index contributed by atoms with van der Waals surface area (Å²) in [6.45, 7) is 10.1. The summed E-state index contributed by atoms with van der Waals surface area (Å²) < 4.78 is 2.33. The largest absolute Gasteiger partial charge is 0.309 e. The number of nitrogens with zero attached hydrogens (tertiary/aromatic N) is 1. The molecule has 0 fully saturated rings. The van der Waals surface area contributed by atoms with E-state index in [0.29, 0.717) is 0 Å². The van der Waals surface area contributed by atoms with Gasteiger partial charge in [0.2, 0.25) is 0 Å². The van der Waals surface area contributed by atoms with Crippen molar-refractivity contribution >= 4 is 27.4 Å². The number of para-hydroxylation sites is 2. The van der Waals surface area contributed by atoms with Crippen molar-refractivity contribution in [1.82, 2.24) is 4.57 Å². The molecule has 116 valence electrons. The summed E-state index contributed by atoms with van der Waals surface area (Å²) >= 11 is 0. The third-order valence-corrected chi connectivity index (χ3v) is 4.63. The van der Waals surface area contributed by atoms with Gasteiger partial charge in [0.1, 0.15) is 0 Å². The van der Waals surface area contributed by atoms with E-state index >= 15 is 0 Å². The minimum Gasteiger partial charge on any atom is -0.309 e. The van der Waals surface area contributed by atoms with E-state index in [1.54, 1.807) is 0 Å². The Morgan fingerprint density at radius 1 is 0.875 bits per heavy atom. The van der Waals surface area contributed by atoms with Gasteiger partial charge in [-0.3, -0.25) is 0 Å². The van der Waals surface area contributed by atoms with E-state index < -0.39 is 0 Å². The van der Waals surface area contributed by atoms with Gasteiger partial charge in [-0.15, -0.1) is 0 Å². The maximum Gasteiger partial charge on any atom is 0.0544 e. The van der Waals surface area contributed by atoms with Crippen molar-refractivity contribution in [3.05, 3.63) is 97.1 Å². The highest BCUT2D eigenvalue weighted by atomic mass is 15.0. The zero-order valence-corrected chi connectivity index (χ0v) is 13.8. The SMILES string of the molecule is C=CC(=C)c1cc2c3ccccc3n(-c3ccccc3)c2cc1C. The van der Waals surface area contributed by atoms with Gasteiger partial charge >= 0.3 is 0 Å². The highest BCUT2D eigenvalue weighted by Gasteiger charge is 2.14. The Balaban J connectivity index is 2.17. The van der Waals surface area contributed by atoms with Crippen LogP contribution >= 0.6 is 0 Å². The van der Waals surface area contributed by atoms with E-state index in [2.05, 4.69) is 91.4 Å². The summed E-state index contributed by atoms with van der Waals surface area (Å²) in [5.74, 6) is 0. The molecule has 3 aromatic carbocycles. The lowest BCUT2D eigenvalue weighted by Gasteiger charge is -2.10. The fraction of sp³-hybridized carbons (Fsp3) is 0.0435. The number of aryl methyl sites for hydroxylation is 1. The molecule has 0 aliphatic rings. The highest BCUT2D eigenvalue weighted by Crippen LogP contribution is 2.35. The number of benzene rings is 3. The summed E-state index contributed by atoms with van der Waals surface area (Å²) in [6.07, 6.45) is 1.82. The molecule has 0 amide bonds. The van der Waals surface area contributed by atoms with Crippen LogP contribution in [-0.2, 0) is 0 Å². The quantitative estimate of drug-likeness (QED) is 0.392. The first-order chi connectivity index (χ1) is 11.7. The molecule has 24 heavy (non-hydrogen) atoms. The van der Waals surface area contributed by atoms with Crippen molar-refractivity contribution in [3.63, 3.8) is 0 Å². The molecule has 0 spiro atoms. The van der Waals surface area contributed by atoms with Gasteiger partial charge in [0, 0.05) is 16.5 Å². The number of allylic oxidation sites excluding steroid dienone is 2. The molecule has 0 radical (unpaired) electrons. The lowest BCUT2D eigenvalue weighted by atomic mass is 9.99. The van der Waals surface area contributed by atoms with Crippen molar-refractivity contribution < 1.29 is 0 Å². The van der Waals surface area contributed by atoms with Crippen LogP contribution in [0.15, 0.2) is 86.0 Å². The Bertz CT molecular complexity index is 1080. The van der Waals surface area contributed by atoms with Crippen LogP contribution in [-0.4, -0.2) is 4.57 Å². The summed E-state index contributed by atoms with van der Waals surface area (Å²) in [6, 6.07) is 23.6. The number of aromatic nitrogens is 1. The summed E-state index contributed by atoms with van der Waals surface area (Å²) in [5.41, 5.74) is 6.96. The number of hydrogen-bond acceptors (Lipinski definition) is 0. The van der Waals surface area contributed by atoms with Crippen molar-refractivity contribution in [2.45, 2.75) is 6.92 Å². The first kappa shape index (κ1) is 14.5. The zero-order valence-electron chi connectivity index (χ0n) is 13.8. The van der Waals surface area contributed by atoms with Crippen LogP contribution in [0.5, 0.6) is 0 Å². The van der Waals surface area contributed by atoms with E-state index in [-0.39, 0.29) is 0 Å². The Kier molecular flexibility index (Phi) is 3.35. The summed E-state index contributed by atoms with van der Waals surface area (Å²) in [7, 11) is 0. The predicted octanol–water partition coefficient (Wildman–Crippen LogP) is 6.29. The topological polar surface area (TPSA) is 4.93 Å². The third kappa shape index (κ3) is 2.10. The Morgan fingerprint density at radius 2 is 1.58 bits per heavy atom. The highest BCUT2D eigenvalue weighted by molar-refractivity contribution is 6.10. The minimum absolute atomic E-state index is 0.964. The second-order valence-electron chi connectivity index (χ2n) is 6.10. The first-order valence-electron chi connectivity index (χ1n) is 8.11. The summed E-state index contributed by atoms with van der Waals surface area (Å²) in [4.78, 5) is 0. The van der Waals surface area contributed by atoms with E-state index in [0.717, 1.165) is 11.1 Å². The minimum atomic E-state index is 0.964. The first-order valence-corrected chi connectivity index (χ1v) is 8.11. The molecule has 0 bridgehead atoms. The number of hydrogen-bond donors (Lipinski definition) is 0. The van der Waals surface area contributed by atoms with Crippen molar-refractivity contribution in [2.24, 2.45) is 0 Å². The van der Waals surface area contributed by atoms with Gasteiger partial charge in [-0.05, 0) is 54.0 Å². The molecule has 0 aliphatic heterocycles.